The quantitative estimate of drug-likeness (QED) is 0.273. The lowest BCUT2D eigenvalue weighted by molar-refractivity contribution is -0.113. The number of phenolic OH excluding ortho intramolecular Hbond substituents is 1. The number of aryl methyl sites for hydroxylation is 1. The maximum absolute atomic E-state index is 16.6. The number of ether oxygens (including phenoxy) is 2. The molecule has 4 heterocycles. The fraction of sp³-hybridized carbons (Fsp3) is 0.424. The van der Waals surface area contributed by atoms with Gasteiger partial charge in [-0.25, -0.2) is 9.18 Å². The second kappa shape index (κ2) is 11.2. The highest BCUT2D eigenvalue weighted by Gasteiger charge is 2.45. The molecular weight excluding hydrogens is 565 g/mol. The summed E-state index contributed by atoms with van der Waals surface area (Å²) in [5.41, 5.74) is 0.847. The van der Waals surface area contributed by atoms with Crippen molar-refractivity contribution in [3.8, 4) is 23.0 Å². The highest BCUT2D eigenvalue weighted by Crippen LogP contribution is 2.40. The van der Waals surface area contributed by atoms with E-state index in [1.165, 1.54) is 6.07 Å². The number of piperazine rings is 1. The van der Waals surface area contributed by atoms with Crippen molar-refractivity contribution in [1.29, 1.82) is 0 Å². The third-order valence-corrected chi connectivity index (χ3v) is 8.20. The second-order valence-corrected chi connectivity index (χ2v) is 12.5. The van der Waals surface area contributed by atoms with E-state index in [2.05, 4.69) is 15.0 Å². The summed E-state index contributed by atoms with van der Waals surface area (Å²) in [5, 5.41) is 12.5. The molecule has 2 aromatic heterocycles. The Hall–Kier alpha value is -4.54. The van der Waals surface area contributed by atoms with E-state index in [1.807, 2.05) is 55.7 Å². The minimum atomic E-state index is -0.855. The molecule has 1 amide bonds. The Bertz CT molecular complexity index is 1760. The van der Waals surface area contributed by atoms with Crippen LogP contribution in [0.15, 0.2) is 36.5 Å². The van der Waals surface area contributed by atoms with E-state index in [9.17, 15) is 14.7 Å². The van der Waals surface area contributed by atoms with Crippen LogP contribution in [0.1, 0.15) is 53.0 Å². The van der Waals surface area contributed by atoms with Crippen LogP contribution in [-0.2, 0) is 16.0 Å². The average molecular weight is 602 g/mol. The van der Waals surface area contributed by atoms with Gasteiger partial charge in [-0.05, 0) is 75.4 Å². The molecule has 44 heavy (non-hydrogen) atoms. The summed E-state index contributed by atoms with van der Waals surface area (Å²) >= 11 is 0. The first kappa shape index (κ1) is 29.5. The number of nitrogens with zero attached hydrogens (tertiary/aromatic N) is 5. The molecule has 2 saturated heterocycles. The van der Waals surface area contributed by atoms with Crippen molar-refractivity contribution in [1.82, 2.24) is 19.9 Å². The topological polar surface area (TPSA) is 118 Å². The fourth-order valence-corrected chi connectivity index (χ4v) is 6.36. The molecule has 1 N–H and O–H groups in total. The van der Waals surface area contributed by atoms with Gasteiger partial charge in [-0.3, -0.25) is 14.7 Å². The zero-order valence-electron chi connectivity index (χ0n) is 25.5. The molecule has 2 aliphatic rings. The number of hydrogen-bond donors (Lipinski definition) is 1. The van der Waals surface area contributed by atoms with Crippen LogP contribution >= 0.6 is 0 Å². The number of aldehydes is 1. The maximum atomic E-state index is 16.6. The Morgan fingerprint density at radius 3 is 2.57 bits per heavy atom. The monoisotopic (exact) mass is 601 g/mol. The number of carbonyl (C=O) groups is 2. The predicted molar refractivity (Wildman–Crippen MR) is 165 cm³/mol. The molecule has 4 aromatic rings. The SMILES string of the molecule is CCc1cccc2cc(O)cc(-c3ncc4c(N5CC6CCC(C5)N6C(=O)OC(C)(C)C)nc(OC(C)C=O)nc4c3F)c12. The van der Waals surface area contributed by atoms with Crippen molar-refractivity contribution in [2.75, 3.05) is 18.0 Å². The van der Waals surface area contributed by atoms with E-state index >= 15 is 4.39 Å². The molecule has 0 aliphatic carbocycles. The second-order valence-electron chi connectivity index (χ2n) is 12.5. The Morgan fingerprint density at radius 1 is 1.18 bits per heavy atom. The summed E-state index contributed by atoms with van der Waals surface area (Å²) in [4.78, 5) is 41.9. The van der Waals surface area contributed by atoms with Crippen molar-refractivity contribution in [3.63, 3.8) is 0 Å². The number of aromatic nitrogens is 3. The number of halogens is 1. The van der Waals surface area contributed by atoms with Crippen molar-refractivity contribution in [2.24, 2.45) is 0 Å². The van der Waals surface area contributed by atoms with Gasteiger partial charge in [-0.15, -0.1) is 0 Å². The molecule has 2 aliphatic heterocycles. The number of amides is 1. The number of carbonyl (C=O) groups excluding carboxylic acids is 2. The van der Waals surface area contributed by atoms with Crippen molar-refractivity contribution in [2.45, 2.75) is 77.7 Å². The van der Waals surface area contributed by atoms with Gasteiger partial charge >= 0.3 is 12.1 Å². The zero-order valence-corrected chi connectivity index (χ0v) is 25.5. The molecule has 0 radical (unpaired) electrons. The van der Waals surface area contributed by atoms with E-state index in [-0.39, 0.29) is 41.1 Å². The van der Waals surface area contributed by atoms with E-state index in [0.29, 0.717) is 42.6 Å². The van der Waals surface area contributed by atoms with Crippen molar-refractivity contribution >= 4 is 39.9 Å². The molecule has 2 fully saturated rings. The Balaban J connectivity index is 1.47. The smallest absolute Gasteiger partial charge is 0.410 e. The van der Waals surface area contributed by atoms with Gasteiger partial charge in [0, 0.05) is 24.8 Å². The van der Waals surface area contributed by atoms with Crippen LogP contribution in [0.2, 0.25) is 0 Å². The zero-order chi connectivity index (χ0) is 31.3. The van der Waals surface area contributed by atoms with E-state index in [1.54, 1.807) is 19.2 Å². The van der Waals surface area contributed by atoms with Crippen molar-refractivity contribution < 1.29 is 28.6 Å². The number of fused-ring (bicyclic) bond motifs is 4. The Morgan fingerprint density at radius 2 is 1.91 bits per heavy atom. The molecule has 2 aromatic carbocycles. The third kappa shape index (κ3) is 5.35. The lowest BCUT2D eigenvalue weighted by Crippen LogP contribution is -2.57. The standard InChI is InChI=1S/C33H36FN5O5/c1-6-19-8-7-9-20-12-23(41)13-24(26(19)20)28-27(34)29-25(14-35-28)30(37-31(36-29)43-18(2)17-40)38-15-21-10-11-22(16-38)39(21)32(42)44-33(3,4)5/h7-9,12-14,17-18,21-22,41H,6,10-11,15-16H2,1-5H3. The number of rotatable bonds is 6. The first-order valence-corrected chi connectivity index (χ1v) is 15.0. The highest BCUT2D eigenvalue weighted by atomic mass is 19.1. The molecule has 0 spiro atoms. The van der Waals surface area contributed by atoms with Gasteiger partial charge in [0.25, 0.3) is 0 Å². The number of anilines is 1. The fourth-order valence-electron chi connectivity index (χ4n) is 6.36. The van der Waals surface area contributed by atoms with Gasteiger partial charge in [0.15, 0.2) is 18.2 Å². The molecule has 2 bridgehead atoms. The number of benzene rings is 2. The minimum Gasteiger partial charge on any atom is -0.508 e. The molecule has 3 unspecified atom stereocenters. The van der Waals surface area contributed by atoms with Crippen LogP contribution in [-0.4, -0.2) is 74.2 Å². The van der Waals surface area contributed by atoms with Crippen LogP contribution in [0.3, 0.4) is 0 Å². The average Bonchev–Trinajstić information content (AvgIpc) is 3.25. The molecule has 0 saturated carbocycles. The third-order valence-electron chi connectivity index (χ3n) is 8.20. The van der Waals surface area contributed by atoms with E-state index < -0.39 is 17.5 Å². The summed E-state index contributed by atoms with van der Waals surface area (Å²) < 4.78 is 28.0. The van der Waals surface area contributed by atoms with Crippen LogP contribution < -0.4 is 9.64 Å². The molecule has 230 valence electrons. The number of aromatic hydroxyl groups is 1. The Kier molecular flexibility index (Phi) is 7.51. The van der Waals surface area contributed by atoms with Gasteiger partial charge in [0.1, 0.15) is 28.4 Å². The molecule has 6 rings (SSSR count). The van der Waals surface area contributed by atoms with Crippen LogP contribution in [0.25, 0.3) is 32.9 Å². The van der Waals surface area contributed by atoms with Crippen LogP contribution in [0, 0.1) is 5.82 Å². The number of phenols is 1. The van der Waals surface area contributed by atoms with Crippen LogP contribution in [0.5, 0.6) is 11.8 Å². The van der Waals surface area contributed by atoms with Gasteiger partial charge in [-0.2, -0.15) is 9.97 Å². The van der Waals surface area contributed by atoms with Gasteiger partial charge < -0.3 is 19.5 Å². The number of hydrogen-bond acceptors (Lipinski definition) is 9. The first-order valence-electron chi connectivity index (χ1n) is 15.0. The molecule has 11 heteroatoms. The normalized spacial score (nSPS) is 19.0. The highest BCUT2D eigenvalue weighted by molar-refractivity contribution is 6.01. The summed E-state index contributed by atoms with van der Waals surface area (Å²) in [6, 6.07) is 8.54. The molecule has 3 atom stereocenters. The maximum Gasteiger partial charge on any atom is 0.410 e. The number of pyridine rings is 1. The summed E-state index contributed by atoms with van der Waals surface area (Å²) in [7, 11) is 0. The first-order chi connectivity index (χ1) is 21.0. The summed E-state index contributed by atoms with van der Waals surface area (Å²) in [6.07, 6.45) is 3.27. The molecule has 10 nitrogen and oxygen atoms in total. The predicted octanol–water partition coefficient (Wildman–Crippen LogP) is 5.81. The van der Waals surface area contributed by atoms with Crippen molar-refractivity contribution in [3.05, 3.63) is 47.9 Å². The van der Waals surface area contributed by atoms with Gasteiger partial charge in [0.05, 0.1) is 17.5 Å². The lowest BCUT2D eigenvalue weighted by atomic mass is 9.95. The van der Waals surface area contributed by atoms with E-state index in [4.69, 9.17) is 9.47 Å². The van der Waals surface area contributed by atoms with Crippen LogP contribution in [0.4, 0.5) is 15.0 Å². The summed E-state index contributed by atoms with van der Waals surface area (Å²) in [5.74, 6) is -0.285. The lowest BCUT2D eigenvalue weighted by Gasteiger charge is -2.42. The largest absolute Gasteiger partial charge is 0.508 e. The molecular formula is C33H36FN5O5. The van der Waals surface area contributed by atoms with Gasteiger partial charge in [-0.1, -0.05) is 25.1 Å². The van der Waals surface area contributed by atoms with E-state index in [0.717, 1.165) is 29.2 Å². The Labute approximate surface area is 254 Å². The summed E-state index contributed by atoms with van der Waals surface area (Å²) in [6.45, 7) is 10.0. The van der Waals surface area contributed by atoms with Gasteiger partial charge in [0.2, 0.25) is 0 Å². The minimum absolute atomic E-state index is 0.00686.